The monoisotopic (exact) mass is 630 g/mol. The maximum atomic E-state index is 14.6. The van der Waals surface area contributed by atoms with E-state index in [1.54, 1.807) is 24.3 Å². The minimum absolute atomic E-state index is 0.00975. The molecular formula is C39H54N2O5. The molecule has 46 heavy (non-hydrogen) atoms. The number of hydrogen-bond acceptors (Lipinski definition) is 5. The lowest BCUT2D eigenvalue weighted by molar-refractivity contribution is -0.171. The molecule has 4 saturated carbocycles. The Morgan fingerprint density at radius 3 is 2.35 bits per heavy atom. The van der Waals surface area contributed by atoms with Gasteiger partial charge >= 0.3 is 11.9 Å². The van der Waals surface area contributed by atoms with Crippen LogP contribution in [0, 0.1) is 56.7 Å². The van der Waals surface area contributed by atoms with Gasteiger partial charge < -0.3 is 15.3 Å². The Bertz CT molecular complexity index is 1510. The van der Waals surface area contributed by atoms with Crippen molar-refractivity contribution >= 4 is 29.2 Å². The van der Waals surface area contributed by atoms with Crippen LogP contribution in [0.4, 0.5) is 5.69 Å². The Balaban J connectivity index is 1.38. The number of anilines is 1. The molecular weight excluding hydrogens is 576 g/mol. The molecule has 1 aromatic carbocycles. The van der Waals surface area contributed by atoms with E-state index >= 15 is 0 Å². The molecule has 250 valence electrons. The summed E-state index contributed by atoms with van der Waals surface area (Å²) in [5.41, 5.74) is 2.49. The third-order valence-electron chi connectivity index (χ3n) is 14.9. The Morgan fingerprint density at radius 1 is 0.935 bits per heavy atom. The van der Waals surface area contributed by atoms with E-state index in [2.05, 4.69) is 65.0 Å². The zero-order chi connectivity index (χ0) is 33.4. The van der Waals surface area contributed by atoms with Crippen LogP contribution in [0.1, 0.15) is 124 Å². The topological polar surface area (TPSA) is 105 Å². The van der Waals surface area contributed by atoms with E-state index in [0.29, 0.717) is 29.4 Å². The minimum Gasteiger partial charge on any atom is -0.478 e. The fourth-order valence-corrected chi connectivity index (χ4v) is 12.0. The first-order valence-corrected chi connectivity index (χ1v) is 17.6. The van der Waals surface area contributed by atoms with Gasteiger partial charge in [-0.3, -0.25) is 4.79 Å². The summed E-state index contributed by atoms with van der Waals surface area (Å²) in [4.78, 5) is 43.3. The zero-order valence-corrected chi connectivity index (χ0v) is 29.2. The summed E-state index contributed by atoms with van der Waals surface area (Å²) in [6.45, 7) is 18.3. The number of oxime groups is 1. The smallest absolute Gasteiger partial charge is 0.337 e. The molecule has 9 atom stereocenters. The van der Waals surface area contributed by atoms with Gasteiger partial charge in [-0.25, -0.2) is 9.59 Å². The molecule has 0 bridgehead atoms. The molecule has 0 spiro atoms. The van der Waals surface area contributed by atoms with E-state index in [9.17, 15) is 19.5 Å². The van der Waals surface area contributed by atoms with Gasteiger partial charge in [-0.2, -0.15) is 0 Å². The second kappa shape index (κ2) is 11.1. The first kappa shape index (κ1) is 33.0. The summed E-state index contributed by atoms with van der Waals surface area (Å²) >= 11 is 0. The number of rotatable bonds is 4. The molecule has 0 saturated heterocycles. The molecule has 0 heterocycles. The first-order valence-electron chi connectivity index (χ1n) is 17.6. The predicted octanol–water partition coefficient (Wildman–Crippen LogP) is 8.90. The summed E-state index contributed by atoms with van der Waals surface area (Å²) in [6.07, 6.45) is 11.3. The van der Waals surface area contributed by atoms with E-state index in [1.165, 1.54) is 12.5 Å². The highest BCUT2D eigenvalue weighted by Gasteiger charge is 2.69. The highest BCUT2D eigenvalue weighted by atomic mass is 16.7. The standard InChI is InChI=1S/C39H54N2O5/c1-23-15-20-39(34(45)40-28-12-10-9-11-26(28)33(43)44)22-21-37(7)27(32(39)24(23)2)13-14-30-36(6)18-17-31(41-46-25(3)42)35(4,5)29(36)16-19-38(30,37)8/h9-13,23-24,29-30,32H,14-22H2,1-8H3,(H,40,45)(H,43,44)/b41-31+/t23-,24+,29+,30-,32+,36+,37-,38-,39+/m1/s1. The number of carbonyl (C=O) groups is 3. The first-order chi connectivity index (χ1) is 21.5. The quantitative estimate of drug-likeness (QED) is 0.196. The van der Waals surface area contributed by atoms with Crippen molar-refractivity contribution in [3.8, 4) is 0 Å². The molecule has 5 aliphatic carbocycles. The van der Waals surface area contributed by atoms with Crippen LogP contribution in [0.2, 0.25) is 0 Å². The van der Waals surface area contributed by atoms with Crippen molar-refractivity contribution in [2.45, 2.75) is 113 Å². The predicted molar refractivity (Wildman–Crippen MR) is 180 cm³/mol. The fourth-order valence-electron chi connectivity index (χ4n) is 12.0. The van der Waals surface area contributed by atoms with Crippen LogP contribution in [-0.4, -0.2) is 28.7 Å². The lowest BCUT2D eigenvalue weighted by atomic mass is 9.33. The molecule has 1 amide bonds. The van der Waals surface area contributed by atoms with Crippen molar-refractivity contribution in [3.05, 3.63) is 41.5 Å². The van der Waals surface area contributed by atoms with Gasteiger partial charge in [0.1, 0.15) is 0 Å². The number of para-hydroxylation sites is 1. The molecule has 0 radical (unpaired) electrons. The summed E-state index contributed by atoms with van der Waals surface area (Å²) in [5, 5.41) is 17.4. The average molecular weight is 631 g/mol. The van der Waals surface area contributed by atoms with Crippen LogP contribution in [0.25, 0.3) is 0 Å². The lowest BCUT2D eigenvalue weighted by Crippen LogP contribution is -2.65. The maximum absolute atomic E-state index is 14.6. The van der Waals surface area contributed by atoms with E-state index in [1.807, 2.05) is 0 Å². The number of hydrogen-bond donors (Lipinski definition) is 2. The van der Waals surface area contributed by atoms with Crippen molar-refractivity contribution in [2.75, 3.05) is 5.32 Å². The lowest BCUT2D eigenvalue weighted by Gasteiger charge is -2.71. The van der Waals surface area contributed by atoms with Gasteiger partial charge in [0.25, 0.3) is 0 Å². The van der Waals surface area contributed by atoms with Crippen LogP contribution in [0.3, 0.4) is 0 Å². The molecule has 1 aromatic rings. The summed E-state index contributed by atoms with van der Waals surface area (Å²) in [5.74, 6) is 0.517. The second-order valence-corrected chi connectivity index (χ2v) is 17.0. The molecule has 0 aliphatic heterocycles. The van der Waals surface area contributed by atoms with Gasteiger partial charge in [0.05, 0.1) is 22.4 Å². The molecule has 7 heteroatoms. The Kier molecular flexibility index (Phi) is 7.92. The number of carboxylic acids is 1. The van der Waals surface area contributed by atoms with Gasteiger partial charge in [-0.15, -0.1) is 0 Å². The normalized spacial score (nSPS) is 42.0. The number of benzene rings is 1. The highest BCUT2D eigenvalue weighted by Crippen LogP contribution is 2.75. The molecule has 5 aliphatic rings. The third kappa shape index (κ3) is 4.57. The van der Waals surface area contributed by atoms with Crippen LogP contribution < -0.4 is 5.32 Å². The number of nitrogens with zero attached hydrogens (tertiary/aromatic N) is 1. The number of aromatic carboxylic acids is 1. The molecule has 2 N–H and O–H groups in total. The minimum atomic E-state index is -1.03. The van der Waals surface area contributed by atoms with Gasteiger partial charge in [0, 0.05) is 12.3 Å². The summed E-state index contributed by atoms with van der Waals surface area (Å²) in [6, 6.07) is 6.78. The Morgan fingerprint density at radius 2 is 1.65 bits per heavy atom. The van der Waals surface area contributed by atoms with Gasteiger partial charge in [-0.1, -0.05) is 77.4 Å². The number of carbonyl (C=O) groups excluding carboxylic acids is 2. The van der Waals surface area contributed by atoms with Crippen LogP contribution in [0.15, 0.2) is 41.1 Å². The molecule has 0 unspecified atom stereocenters. The van der Waals surface area contributed by atoms with Gasteiger partial charge in [0.15, 0.2) is 0 Å². The number of allylic oxidation sites excluding steroid dienone is 2. The average Bonchev–Trinajstić information content (AvgIpc) is 2.98. The van der Waals surface area contributed by atoms with E-state index in [0.717, 1.165) is 63.5 Å². The van der Waals surface area contributed by atoms with Crippen molar-refractivity contribution in [1.29, 1.82) is 0 Å². The Labute approximate surface area is 275 Å². The summed E-state index contributed by atoms with van der Waals surface area (Å²) < 4.78 is 0. The number of amides is 1. The number of nitrogens with one attached hydrogen (secondary N) is 1. The number of fused-ring (bicyclic) bond motifs is 7. The van der Waals surface area contributed by atoms with E-state index in [4.69, 9.17) is 4.84 Å². The van der Waals surface area contributed by atoms with Crippen LogP contribution in [0.5, 0.6) is 0 Å². The maximum Gasteiger partial charge on any atom is 0.337 e. The van der Waals surface area contributed by atoms with E-state index in [-0.39, 0.29) is 45.0 Å². The SMILES string of the molecule is CC(=O)O/N=C1\CC[C@]2(C)[C@H]3CC=C4[C@@H]5[C@@H](C)[C@H](C)CC[C@]5(C(=O)Nc5ccccc5C(=O)O)CC[C@@]4(C)[C@]3(C)CC[C@H]2C1(C)C. The van der Waals surface area contributed by atoms with Crippen molar-refractivity contribution in [2.24, 2.45) is 61.8 Å². The van der Waals surface area contributed by atoms with Crippen LogP contribution in [-0.2, 0) is 14.4 Å². The third-order valence-corrected chi connectivity index (χ3v) is 14.9. The molecule has 6 rings (SSSR count). The van der Waals surface area contributed by atoms with Crippen molar-refractivity contribution in [3.63, 3.8) is 0 Å². The molecule has 7 nitrogen and oxygen atoms in total. The summed E-state index contributed by atoms with van der Waals surface area (Å²) in [7, 11) is 0. The highest BCUT2D eigenvalue weighted by molar-refractivity contribution is 6.02. The molecule has 4 fully saturated rings. The van der Waals surface area contributed by atoms with Crippen molar-refractivity contribution < 1.29 is 24.3 Å². The van der Waals surface area contributed by atoms with Crippen molar-refractivity contribution in [1.82, 2.24) is 0 Å². The van der Waals surface area contributed by atoms with Gasteiger partial charge in [-0.05, 0) is 116 Å². The van der Waals surface area contributed by atoms with Gasteiger partial charge in [0.2, 0.25) is 5.91 Å². The number of carboxylic acid groups (broad SMARTS) is 1. The molecule has 0 aromatic heterocycles. The zero-order valence-electron chi connectivity index (χ0n) is 29.2. The van der Waals surface area contributed by atoms with Crippen LogP contribution >= 0.6 is 0 Å². The largest absolute Gasteiger partial charge is 0.478 e. The fraction of sp³-hybridized carbons (Fsp3) is 0.692. The van der Waals surface area contributed by atoms with E-state index < -0.39 is 11.4 Å². The Hall–Kier alpha value is -2.96. The second-order valence-electron chi connectivity index (χ2n) is 17.0.